The molecule has 7 heteroatoms. The Bertz CT molecular complexity index is 709. The molecule has 2 saturated heterocycles. The molecule has 0 saturated carbocycles. The second kappa shape index (κ2) is 5.90. The molecule has 4 heterocycles. The van der Waals surface area contributed by atoms with E-state index in [1.165, 1.54) is 0 Å². The number of rotatable bonds is 2. The first-order valence-corrected chi connectivity index (χ1v) is 8.13. The molecular weight excluding hydrogens is 294 g/mol. The number of pyridine rings is 1. The molecule has 1 amide bonds. The second-order valence-corrected chi connectivity index (χ2v) is 6.42. The quantitative estimate of drug-likeness (QED) is 0.808. The van der Waals surface area contributed by atoms with Gasteiger partial charge in [0.2, 0.25) is 0 Å². The van der Waals surface area contributed by atoms with E-state index in [4.69, 9.17) is 4.74 Å². The maximum Gasteiger partial charge on any atom is 0.255 e. The maximum atomic E-state index is 12.8. The SMILES string of the molecule is C[C@H]1CN(C(=O)c2ccc3nncn3c2)C[C@H]1N1CCOCC1. The number of carbonyl (C=O) groups excluding carboxylic acids is 1. The molecule has 2 atom stereocenters. The van der Waals surface area contributed by atoms with E-state index < -0.39 is 0 Å². The summed E-state index contributed by atoms with van der Waals surface area (Å²) in [7, 11) is 0. The molecule has 0 aromatic carbocycles. The molecule has 0 aliphatic carbocycles. The monoisotopic (exact) mass is 315 g/mol. The fourth-order valence-electron chi connectivity index (χ4n) is 3.64. The zero-order valence-corrected chi connectivity index (χ0v) is 13.3. The highest BCUT2D eigenvalue weighted by Crippen LogP contribution is 2.24. The highest BCUT2D eigenvalue weighted by molar-refractivity contribution is 5.94. The third-order valence-electron chi connectivity index (χ3n) is 4.91. The number of hydrogen-bond donors (Lipinski definition) is 0. The lowest BCUT2D eigenvalue weighted by atomic mass is 10.0. The molecule has 0 unspecified atom stereocenters. The number of nitrogens with zero attached hydrogens (tertiary/aromatic N) is 5. The zero-order chi connectivity index (χ0) is 15.8. The molecular formula is C16H21N5O2. The highest BCUT2D eigenvalue weighted by Gasteiger charge is 2.36. The van der Waals surface area contributed by atoms with E-state index in [1.54, 1.807) is 10.7 Å². The van der Waals surface area contributed by atoms with Gasteiger partial charge in [-0.25, -0.2) is 0 Å². The van der Waals surface area contributed by atoms with E-state index in [-0.39, 0.29) is 5.91 Å². The van der Waals surface area contributed by atoms with Gasteiger partial charge in [-0.1, -0.05) is 6.92 Å². The average Bonchev–Trinajstić information content (AvgIpc) is 3.20. The predicted octanol–water partition coefficient (Wildman–Crippen LogP) is 0.522. The lowest BCUT2D eigenvalue weighted by Gasteiger charge is -2.33. The van der Waals surface area contributed by atoms with Gasteiger partial charge < -0.3 is 9.64 Å². The molecule has 0 bridgehead atoms. The number of carbonyl (C=O) groups is 1. The van der Waals surface area contributed by atoms with Gasteiger partial charge in [0.25, 0.3) is 5.91 Å². The first kappa shape index (κ1) is 14.6. The molecule has 122 valence electrons. The van der Waals surface area contributed by atoms with E-state index >= 15 is 0 Å². The van der Waals surface area contributed by atoms with Crippen molar-refractivity contribution >= 4 is 11.6 Å². The molecule has 0 spiro atoms. The highest BCUT2D eigenvalue weighted by atomic mass is 16.5. The van der Waals surface area contributed by atoms with E-state index in [2.05, 4.69) is 22.0 Å². The Balaban J connectivity index is 1.50. The summed E-state index contributed by atoms with van der Waals surface area (Å²) in [5, 5.41) is 7.83. The molecule has 7 nitrogen and oxygen atoms in total. The van der Waals surface area contributed by atoms with Gasteiger partial charge in [0.1, 0.15) is 6.33 Å². The van der Waals surface area contributed by atoms with E-state index in [9.17, 15) is 4.79 Å². The normalized spacial score (nSPS) is 26.0. The summed E-state index contributed by atoms with van der Waals surface area (Å²) in [5.41, 5.74) is 1.44. The fraction of sp³-hybridized carbons (Fsp3) is 0.562. The topological polar surface area (TPSA) is 63.0 Å². The van der Waals surface area contributed by atoms with Crippen LogP contribution in [0.25, 0.3) is 5.65 Å². The summed E-state index contributed by atoms with van der Waals surface area (Å²) >= 11 is 0. The van der Waals surface area contributed by atoms with Crippen LogP contribution in [0.1, 0.15) is 17.3 Å². The first-order valence-electron chi connectivity index (χ1n) is 8.13. The van der Waals surface area contributed by atoms with Crippen LogP contribution in [-0.2, 0) is 4.74 Å². The molecule has 2 aliphatic rings. The van der Waals surface area contributed by atoms with Crippen LogP contribution in [-0.4, -0.2) is 75.7 Å². The van der Waals surface area contributed by atoms with Gasteiger partial charge in [-0.05, 0) is 18.1 Å². The fourth-order valence-corrected chi connectivity index (χ4v) is 3.64. The smallest absolute Gasteiger partial charge is 0.255 e. The van der Waals surface area contributed by atoms with Crippen molar-refractivity contribution in [3.05, 3.63) is 30.2 Å². The summed E-state index contributed by atoms with van der Waals surface area (Å²) in [5.74, 6) is 0.568. The van der Waals surface area contributed by atoms with Gasteiger partial charge in [-0.3, -0.25) is 14.1 Å². The molecule has 2 fully saturated rings. The van der Waals surface area contributed by atoms with Crippen molar-refractivity contribution in [1.29, 1.82) is 0 Å². The standard InChI is InChI=1S/C16H21N5O2/c1-12-8-20(10-14(12)19-4-6-23-7-5-19)16(22)13-2-3-15-18-17-11-21(15)9-13/h2-3,9,11-12,14H,4-8,10H2,1H3/t12-,14+/m0/s1. The van der Waals surface area contributed by atoms with Crippen molar-refractivity contribution in [3.63, 3.8) is 0 Å². The third-order valence-corrected chi connectivity index (χ3v) is 4.91. The van der Waals surface area contributed by atoms with Crippen molar-refractivity contribution in [2.24, 2.45) is 5.92 Å². The lowest BCUT2D eigenvalue weighted by Crippen LogP contribution is -2.47. The lowest BCUT2D eigenvalue weighted by molar-refractivity contribution is 0.0119. The Kier molecular flexibility index (Phi) is 3.74. The van der Waals surface area contributed by atoms with Gasteiger partial charge in [0, 0.05) is 38.4 Å². The van der Waals surface area contributed by atoms with E-state index in [0.717, 1.165) is 45.0 Å². The van der Waals surface area contributed by atoms with Crippen molar-refractivity contribution in [2.75, 3.05) is 39.4 Å². The minimum Gasteiger partial charge on any atom is -0.379 e. The van der Waals surface area contributed by atoms with Crippen LogP contribution in [0.15, 0.2) is 24.7 Å². The summed E-state index contributed by atoms with van der Waals surface area (Å²) in [6.07, 6.45) is 3.43. The Morgan fingerprint density at radius 3 is 2.91 bits per heavy atom. The summed E-state index contributed by atoms with van der Waals surface area (Å²) in [6.45, 7) is 7.34. The summed E-state index contributed by atoms with van der Waals surface area (Å²) < 4.78 is 7.22. The van der Waals surface area contributed by atoms with Crippen molar-refractivity contribution in [3.8, 4) is 0 Å². The number of ether oxygens (including phenoxy) is 1. The average molecular weight is 315 g/mol. The number of amides is 1. The molecule has 0 N–H and O–H groups in total. The van der Waals surface area contributed by atoms with E-state index in [1.807, 2.05) is 23.2 Å². The van der Waals surface area contributed by atoms with Crippen LogP contribution in [0.2, 0.25) is 0 Å². The number of fused-ring (bicyclic) bond motifs is 1. The van der Waals surface area contributed by atoms with Crippen LogP contribution < -0.4 is 0 Å². The largest absolute Gasteiger partial charge is 0.379 e. The summed E-state index contributed by atoms with van der Waals surface area (Å²) in [6, 6.07) is 4.10. The van der Waals surface area contributed by atoms with Gasteiger partial charge in [-0.2, -0.15) is 0 Å². The van der Waals surface area contributed by atoms with Gasteiger partial charge >= 0.3 is 0 Å². The molecule has 4 rings (SSSR count). The number of hydrogen-bond acceptors (Lipinski definition) is 5. The molecule has 2 aromatic rings. The summed E-state index contributed by atoms with van der Waals surface area (Å²) in [4.78, 5) is 17.2. The zero-order valence-electron chi connectivity index (χ0n) is 13.3. The number of likely N-dealkylation sites (tertiary alicyclic amines) is 1. The van der Waals surface area contributed by atoms with Gasteiger partial charge in [0.05, 0.1) is 18.8 Å². The van der Waals surface area contributed by atoms with Crippen LogP contribution in [0.5, 0.6) is 0 Å². The van der Waals surface area contributed by atoms with Crippen LogP contribution in [0, 0.1) is 5.92 Å². The Morgan fingerprint density at radius 2 is 2.09 bits per heavy atom. The van der Waals surface area contributed by atoms with Crippen LogP contribution >= 0.6 is 0 Å². The van der Waals surface area contributed by atoms with Crippen LogP contribution in [0.4, 0.5) is 0 Å². The Morgan fingerprint density at radius 1 is 1.26 bits per heavy atom. The molecule has 23 heavy (non-hydrogen) atoms. The predicted molar refractivity (Wildman–Crippen MR) is 84.2 cm³/mol. The first-order chi connectivity index (χ1) is 11.2. The minimum atomic E-state index is 0.0863. The minimum absolute atomic E-state index is 0.0863. The van der Waals surface area contributed by atoms with E-state index in [0.29, 0.717) is 17.5 Å². The van der Waals surface area contributed by atoms with Gasteiger partial charge in [0.15, 0.2) is 5.65 Å². The van der Waals surface area contributed by atoms with Crippen molar-refractivity contribution in [2.45, 2.75) is 13.0 Å². The van der Waals surface area contributed by atoms with Crippen LogP contribution in [0.3, 0.4) is 0 Å². The second-order valence-electron chi connectivity index (χ2n) is 6.42. The molecule has 2 aliphatic heterocycles. The molecule has 0 radical (unpaired) electrons. The van der Waals surface area contributed by atoms with Crippen molar-refractivity contribution in [1.82, 2.24) is 24.4 Å². The van der Waals surface area contributed by atoms with Gasteiger partial charge in [-0.15, -0.1) is 10.2 Å². The Labute approximate surface area is 134 Å². The number of aromatic nitrogens is 3. The van der Waals surface area contributed by atoms with Crippen molar-refractivity contribution < 1.29 is 9.53 Å². The molecule has 2 aromatic heterocycles. The Hall–Kier alpha value is -1.99. The number of morpholine rings is 1. The third kappa shape index (κ3) is 2.70. The maximum absolute atomic E-state index is 12.8.